The first kappa shape index (κ1) is 33.9. The molecule has 0 rings (SSSR count). The van der Waals surface area contributed by atoms with E-state index in [4.69, 9.17) is 0 Å². The quantitative estimate of drug-likeness (QED) is 0.105. The maximum absolute atomic E-state index is 13.8. The minimum atomic E-state index is -8.71. The molecule has 0 spiro atoms. The van der Waals surface area contributed by atoms with Crippen LogP contribution in [-0.2, 0) is 9.53 Å². The Bertz CT molecular complexity index is 865. The summed E-state index contributed by atoms with van der Waals surface area (Å²) in [5.41, 5.74) is -0.301. The molecular formula is C15H10F17NO2S. The van der Waals surface area contributed by atoms with Gasteiger partial charge in [0.05, 0.1) is 0 Å². The van der Waals surface area contributed by atoms with Crippen LogP contribution in [0.2, 0.25) is 0 Å². The largest absolute Gasteiger partial charge is 0.460 e. The molecule has 0 atom stereocenters. The molecule has 3 nitrogen and oxygen atoms in total. The van der Waals surface area contributed by atoms with E-state index in [1.54, 1.807) is 0 Å². The Morgan fingerprint density at radius 3 is 1.36 bits per heavy atom. The standard InChI is InChI=1S/C15H10F17NO2S/c1-5(2)6(34)35-4-3-33-7(36)8(16,17)9(18,19)10(20,21)11(22,23)12(24,25)13(26,27)14(28,29)15(30,31)32/h1,3-4H2,2H3,(H,33,36). The fourth-order valence-electron chi connectivity index (χ4n) is 1.85. The summed E-state index contributed by atoms with van der Waals surface area (Å²) < 4.78 is 228. The van der Waals surface area contributed by atoms with Crippen LogP contribution in [0.3, 0.4) is 0 Å². The zero-order chi connectivity index (χ0) is 29.6. The third-order valence-electron chi connectivity index (χ3n) is 3.98. The van der Waals surface area contributed by atoms with E-state index in [2.05, 4.69) is 23.5 Å². The van der Waals surface area contributed by atoms with Crippen LogP contribution in [0.1, 0.15) is 6.92 Å². The monoisotopic (exact) mass is 591 g/mol. The molecule has 36 heavy (non-hydrogen) atoms. The number of rotatable bonds is 11. The van der Waals surface area contributed by atoms with E-state index in [1.165, 1.54) is 0 Å². The summed E-state index contributed by atoms with van der Waals surface area (Å²) in [6, 6.07) is 0. The van der Waals surface area contributed by atoms with Gasteiger partial charge in [0.2, 0.25) is 0 Å². The third kappa shape index (κ3) is 5.02. The summed E-state index contributed by atoms with van der Waals surface area (Å²) in [5, 5.41) is 0.972. The highest BCUT2D eigenvalue weighted by atomic mass is 32.1. The average Bonchev–Trinajstić information content (AvgIpc) is 2.68. The maximum atomic E-state index is 13.8. The molecule has 0 aliphatic carbocycles. The number of carbonyl (C=O) groups is 1. The number of esters is 1. The number of halogens is 17. The summed E-state index contributed by atoms with van der Waals surface area (Å²) in [7, 11) is 0. The predicted octanol–water partition coefficient (Wildman–Crippen LogP) is 6.03. The fourth-order valence-corrected chi connectivity index (χ4v) is 2.08. The van der Waals surface area contributed by atoms with E-state index in [1.807, 2.05) is 0 Å². The van der Waals surface area contributed by atoms with Crippen molar-refractivity contribution in [1.29, 1.82) is 0 Å². The van der Waals surface area contributed by atoms with Crippen LogP contribution in [-0.4, -0.2) is 71.7 Å². The van der Waals surface area contributed by atoms with Gasteiger partial charge in [-0.25, -0.2) is 4.79 Å². The van der Waals surface area contributed by atoms with Gasteiger partial charge in [-0.3, -0.25) is 0 Å². The van der Waals surface area contributed by atoms with E-state index in [9.17, 15) is 79.4 Å². The molecule has 0 fully saturated rings. The molecule has 0 saturated heterocycles. The minimum Gasteiger partial charge on any atom is -0.460 e. The number of hydrogen-bond donors (Lipinski definition) is 1. The molecule has 21 heteroatoms. The molecule has 0 aromatic heterocycles. The smallest absolute Gasteiger partial charge is 0.460 e. The molecule has 0 aromatic rings. The van der Waals surface area contributed by atoms with Crippen molar-refractivity contribution in [2.24, 2.45) is 0 Å². The van der Waals surface area contributed by atoms with Gasteiger partial charge in [0.25, 0.3) is 0 Å². The summed E-state index contributed by atoms with van der Waals surface area (Å²) in [6.07, 6.45) is -7.82. The molecule has 1 N–H and O–H groups in total. The second-order valence-electron chi connectivity index (χ2n) is 6.69. The van der Waals surface area contributed by atoms with Crippen molar-refractivity contribution >= 4 is 23.2 Å². The van der Waals surface area contributed by atoms with Crippen molar-refractivity contribution in [3.05, 3.63) is 12.2 Å². The lowest BCUT2D eigenvalue weighted by molar-refractivity contribution is -0.458. The first-order chi connectivity index (χ1) is 15.5. The SMILES string of the molecule is C=C(C)C(=O)OCCNC(=S)C(F)(F)C(F)(F)C(F)(F)C(F)(F)C(F)(F)C(F)(F)C(F)(F)C(F)(F)F. The molecule has 0 heterocycles. The first-order valence-electron chi connectivity index (χ1n) is 8.32. The third-order valence-corrected chi connectivity index (χ3v) is 4.38. The predicted molar refractivity (Wildman–Crippen MR) is 87.1 cm³/mol. The van der Waals surface area contributed by atoms with Crippen LogP contribution in [0.15, 0.2) is 12.2 Å². The Labute approximate surface area is 193 Å². The Balaban J connectivity index is 6.26. The van der Waals surface area contributed by atoms with Gasteiger partial charge in [0, 0.05) is 12.1 Å². The minimum absolute atomic E-state index is 0.301. The van der Waals surface area contributed by atoms with Crippen molar-refractivity contribution in [2.45, 2.75) is 54.6 Å². The number of thiocarbonyl (C=S) groups is 1. The Kier molecular flexibility index (Phi) is 9.10. The summed E-state index contributed by atoms with van der Waals surface area (Å²) in [4.78, 5) is 8.15. The molecule has 0 amide bonds. The van der Waals surface area contributed by atoms with Crippen molar-refractivity contribution in [3.63, 3.8) is 0 Å². The lowest BCUT2D eigenvalue weighted by atomic mass is 9.89. The zero-order valence-corrected chi connectivity index (χ0v) is 17.6. The molecule has 0 unspecified atom stereocenters. The highest BCUT2D eigenvalue weighted by Crippen LogP contribution is 2.63. The zero-order valence-electron chi connectivity index (χ0n) is 16.8. The number of ether oxygens (including phenoxy) is 1. The number of hydrogen-bond acceptors (Lipinski definition) is 3. The van der Waals surface area contributed by atoms with Crippen molar-refractivity contribution < 1.29 is 84.2 Å². The Morgan fingerprint density at radius 1 is 0.694 bits per heavy atom. The van der Waals surface area contributed by atoms with Gasteiger partial charge < -0.3 is 10.1 Å². The van der Waals surface area contributed by atoms with Crippen LogP contribution < -0.4 is 5.32 Å². The molecule has 0 saturated carbocycles. The molecule has 0 aliphatic rings. The van der Waals surface area contributed by atoms with Gasteiger partial charge in [-0.05, 0) is 6.92 Å². The van der Waals surface area contributed by atoms with E-state index >= 15 is 0 Å². The summed E-state index contributed by atoms with van der Waals surface area (Å²) in [6.45, 7) is 1.78. The number of carbonyl (C=O) groups excluding carboxylic acids is 1. The van der Waals surface area contributed by atoms with Crippen LogP contribution >= 0.6 is 12.2 Å². The number of alkyl halides is 17. The second-order valence-corrected chi connectivity index (χ2v) is 7.10. The van der Waals surface area contributed by atoms with E-state index in [0.29, 0.717) is 0 Å². The molecular weight excluding hydrogens is 581 g/mol. The van der Waals surface area contributed by atoms with Gasteiger partial charge in [0.15, 0.2) is 4.99 Å². The first-order valence-corrected chi connectivity index (χ1v) is 8.73. The number of nitrogens with one attached hydrogen (secondary N) is 1. The Morgan fingerprint density at radius 2 is 1.03 bits per heavy atom. The van der Waals surface area contributed by atoms with E-state index in [-0.39, 0.29) is 5.57 Å². The molecule has 0 aromatic carbocycles. The second kappa shape index (κ2) is 9.66. The van der Waals surface area contributed by atoms with Crippen molar-refractivity contribution in [3.8, 4) is 0 Å². The normalized spacial score (nSPS) is 14.9. The van der Waals surface area contributed by atoms with Crippen LogP contribution in [0.5, 0.6) is 0 Å². The van der Waals surface area contributed by atoms with Gasteiger partial charge in [-0.2, -0.15) is 74.6 Å². The van der Waals surface area contributed by atoms with Crippen LogP contribution in [0, 0.1) is 0 Å². The van der Waals surface area contributed by atoms with E-state index in [0.717, 1.165) is 12.2 Å². The van der Waals surface area contributed by atoms with Gasteiger partial charge in [-0.1, -0.05) is 18.8 Å². The average molecular weight is 591 g/mol. The lowest BCUT2D eigenvalue weighted by Gasteiger charge is -2.42. The van der Waals surface area contributed by atoms with Gasteiger partial charge >= 0.3 is 53.6 Å². The molecule has 0 bridgehead atoms. The molecule has 212 valence electrons. The van der Waals surface area contributed by atoms with Crippen LogP contribution in [0.4, 0.5) is 74.6 Å². The van der Waals surface area contributed by atoms with Crippen molar-refractivity contribution in [1.82, 2.24) is 5.32 Å². The lowest BCUT2D eigenvalue weighted by Crippen LogP contribution is -2.75. The van der Waals surface area contributed by atoms with Crippen molar-refractivity contribution in [2.75, 3.05) is 13.2 Å². The van der Waals surface area contributed by atoms with Crippen LogP contribution in [0.25, 0.3) is 0 Å². The molecule has 0 aliphatic heterocycles. The highest BCUT2D eigenvalue weighted by molar-refractivity contribution is 7.80. The van der Waals surface area contributed by atoms with Gasteiger partial charge in [0.1, 0.15) is 6.61 Å². The summed E-state index contributed by atoms with van der Waals surface area (Å²) in [5.74, 6) is -58.6. The Hall–Kier alpha value is -2.09. The summed E-state index contributed by atoms with van der Waals surface area (Å²) >= 11 is 3.55. The fraction of sp³-hybridized carbons (Fsp3) is 0.733. The van der Waals surface area contributed by atoms with E-state index < -0.39 is 71.7 Å². The van der Waals surface area contributed by atoms with Gasteiger partial charge in [-0.15, -0.1) is 0 Å². The highest BCUT2D eigenvalue weighted by Gasteiger charge is 2.95. The maximum Gasteiger partial charge on any atom is 0.460 e. The molecule has 0 radical (unpaired) electrons. The topological polar surface area (TPSA) is 38.3 Å².